The van der Waals surface area contributed by atoms with Gasteiger partial charge in [-0.25, -0.2) is 4.79 Å². The zero-order chi connectivity index (χ0) is 20.5. The van der Waals surface area contributed by atoms with Crippen molar-refractivity contribution < 1.29 is 24.2 Å². The van der Waals surface area contributed by atoms with Crippen molar-refractivity contribution in [2.24, 2.45) is 0 Å². The van der Waals surface area contributed by atoms with Crippen molar-refractivity contribution in [1.29, 1.82) is 0 Å². The minimum absolute atomic E-state index is 0.0447. The number of β-lactam (4-membered cyclic amide) rings is 1. The fourth-order valence-electron chi connectivity index (χ4n) is 3.19. The van der Waals surface area contributed by atoms with Crippen LogP contribution in [0.15, 0.2) is 46.6 Å². The second-order valence-corrected chi connectivity index (χ2v) is 7.57. The van der Waals surface area contributed by atoms with Gasteiger partial charge in [0.05, 0.1) is 25.5 Å². The molecule has 0 unspecified atom stereocenters. The maximum Gasteiger partial charge on any atom is 0.356 e. The first kappa shape index (κ1) is 19.2. The molecule has 29 heavy (non-hydrogen) atoms. The first-order chi connectivity index (χ1) is 14.0. The number of hydrogen-bond acceptors (Lipinski definition) is 8. The number of amides is 1. The normalized spacial score (nSPS) is 19.8. The molecule has 0 bridgehead atoms. The van der Waals surface area contributed by atoms with Gasteiger partial charge in [0.2, 0.25) is 0 Å². The number of aliphatic hydroxyl groups excluding tert-OH is 1. The van der Waals surface area contributed by atoms with Gasteiger partial charge in [-0.3, -0.25) is 9.69 Å². The summed E-state index contributed by atoms with van der Waals surface area (Å²) >= 11 is 1.26. The second kappa shape index (κ2) is 7.72. The average Bonchev–Trinajstić information content (AvgIpc) is 3.38. The van der Waals surface area contributed by atoms with E-state index in [1.165, 1.54) is 22.9 Å². The maximum absolute atomic E-state index is 12.8. The number of benzene rings is 1. The van der Waals surface area contributed by atoms with Crippen LogP contribution in [0, 0.1) is 0 Å². The van der Waals surface area contributed by atoms with E-state index in [0.717, 1.165) is 5.56 Å². The van der Waals surface area contributed by atoms with Gasteiger partial charge in [0.25, 0.3) is 5.91 Å². The summed E-state index contributed by atoms with van der Waals surface area (Å²) in [4.78, 5) is 27.2. The van der Waals surface area contributed by atoms with Crippen LogP contribution in [0.1, 0.15) is 18.2 Å². The smallest absolute Gasteiger partial charge is 0.356 e. The van der Waals surface area contributed by atoms with Crippen molar-refractivity contribution >= 4 is 29.2 Å². The summed E-state index contributed by atoms with van der Waals surface area (Å²) in [5, 5.41) is 19.6. The number of methoxy groups -OCH3 is 1. The van der Waals surface area contributed by atoms with E-state index >= 15 is 0 Å². The fraction of sp³-hybridized carbons (Fsp3) is 0.263. The van der Waals surface area contributed by atoms with E-state index in [1.807, 2.05) is 0 Å². The summed E-state index contributed by atoms with van der Waals surface area (Å²) in [6, 6.07) is 7.12. The number of nitrogens with one attached hydrogen (secondary N) is 1. The molecule has 2 aliphatic heterocycles. The molecule has 2 aliphatic rings. The summed E-state index contributed by atoms with van der Waals surface area (Å²) in [5.41, 5.74) is 2.66. The van der Waals surface area contributed by atoms with Crippen LogP contribution in [0.3, 0.4) is 0 Å². The number of carbonyl (C=O) groups is 2. The fourth-order valence-corrected chi connectivity index (χ4v) is 4.53. The molecule has 0 aliphatic carbocycles. The highest BCUT2D eigenvalue weighted by atomic mass is 32.2. The molecule has 1 aromatic carbocycles. The number of H-pyrrole nitrogens is 1. The Bertz CT molecular complexity index is 1010. The lowest BCUT2D eigenvalue weighted by atomic mass is 9.97. The lowest BCUT2D eigenvalue weighted by molar-refractivity contribution is -0.146. The highest BCUT2D eigenvalue weighted by Crippen LogP contribution is 2.50. The number of aromatic amines is 1. The van der Waals surface area contributed by atoms with Gasteiger partial charge in [-0.15, -0.1) is 0 Å². The van der Waals surface area contributed by atoms with Crippen molar-refractivity contribution in [3.8, 4) is 5.75 Å². The number of rotatable bonds is 6. The zero-order valence-electron chi connectivity index (χ0n) is 15.7. The molecule has 2 aromatic rings. The molecule has 3 heterocycles. The van der Waals surface area contributed by atoms with Gasteiger partial charge in [0, 0.05) is 4.91 Å². The Balaban J connectivity index is 1.50. The summed E-state index contributed by atoms with van der Waals surface area (Å²) in [6.07, 6.45) is 1.53. The van der Waals surface area contributed by atoms with Crippen LogP contribution in [-0.4, -0.2) is 56.4 Å². The Morgan fingerprint density at radius 2 is 2.10 bits per heavy atom. The quantitative estimate of drug-likeness (QED) is 0.414. The maximum atomic E-state index is 12.8. The number of nitrogens with zero attached hydrogens (tertiary/aromatic N) is 3. The molecule has 2 N–H and O–H groups in total. The van der Waals surface area contributed by atoms with E-state index in [2.05, 4.69) is 15.4 Å². The van der Waals surface area contributed by atoms with Gasteiger partial charge in [0.15, 0.2) is 0 Å². The molecular formula is C19H18N4O5S. The van der Waals surface area contributed by atoms with Gasteiger partial charge >= 0.3 is 5.97 Å². The molecule has 4 rings (SSSR count). The van der Waals surface area contributed by atoms with E-state index < -0.39 is 5.97 Å². The molecule has 150 valence electrons. The van der Waals surface area contributed by atoms with Crippen LogP contribution in [0.2, 0.25) is 0 Å². The molecule has 10 heteroatoms. The van der Waals surface area contributed by atoms with Crippen molar-refractivity contribution in [3.05, 3.63) is 57.9 Å². The van der Waals surface area contributed by atoms with Crippen LogP contribution >= 0.6 is 11.8 Å². The molecule has 0 radical (unpaired) electrons. The van der Waals surface area contributed by atoms with Crippen LogP contribution in [0.4, 0.5) is 0 Å². The first-order valence-corrected chi connectivity index (χ1v) is 9.64. The van der Waals surface area contributed by atoms with Gasteiger partial charge in [-0.2, -0.15) is 15.4 Å². The van der Waals surface area contributed by atoms with Crippen LogP contribution in [0.25, 0.3) is 5.57 Å². The number of thioether (sulfide) groups is 1. The summed E-state index contributed by atoms with van der Waals surface area (Å²) < 4.78 is 10.5. The zero-order valence-corrected chi connectivity index (χ0v) is 16.5. The van der Waals surface area contributed by atoms with E-state index in [-0.39, 0.29) is 30.2 Å². The Kier molecular flexibility index (Phi) is 5.12. The molecule has 1 amide bonds. The van der Waals surface area contributed by atoms with Crippen molar-refractivity contribution in [2.45, 2.75) is 18.9 Å². The molecule has 9 nitrogen and oxygen atoms in total. The van der Waals surface area contributed by atoms with Crippen molar-refractivity contribution in [3.63, 3.8) is 0 Å². The first-order valence-electron chi connectivity index (χ1n) is 8.76. The number of aromatic nitrogens is 3. The van der Waals surface area contributed by atoms with Gasteiger partial charge in [0.1, 0.15) is 29.1 Å². The van der Waals surface area contributed by atoms with Crippen LogP contribution < -0.4 is 4.74 Å². The third kappa shape index (κ3) is 3.30. The monoisotopic (exact) mass is 414 g/mol. The summed E-state index contributed by atoms with van der Waals surface area (Å²) in [7, 11) is 1.57. The molecule has 1 fully saturated rings. The molecule has 1 saturated heterocycles. The van der Waals surface area contributed by atoms with Gasteiger partial charge in [-0.1, -0.05) is 23.9 Å². The van der Waals surface area contributed by atoms with Crippen molar-refractivity contribution in [1.82, 2.24) is 20.3 Å². The minimum Gasteiger partial charge on any atom is -0.497 e. The molecule has 1 aromatic heterocycles. The van der Waals surface area contributed by atoms with Crippen molar-refractivity contribution in [2.75, 3.05) is 13.7 Å². The molecule has 0 spiro atoms. The topological polar surface area (TPSA) is 118 Å². The average molecular weight is 414 g/mol. The number of allylic oxidation sites excluding steroid dienone is 1. The third-order valence-electron chi connectivity index (χ3n) is 4.76. The predicted molar refractivity (Wildman–Crippen MR) is 104 cm³/mol. The third-order valence-corrected chi connectivity index (χ3v) is 6.04. The summed E-state index contributed by atoms with van der Waals surface area (Å²) in [6.45, 7) is 1.47. The SMILES string of the molecule is COc1ccc(COC(=O)C2=C(CO)S[C@@H]3C(=C(C)c4cn[nH]n4)C(=O)N23)cc1. The Morgan fingerprint density at radius 1 is 1.34 bits per heavy atom. The highest BCUT2D eigenvalue weighted by Gasteiger charge is 2.53. The molecular weight excluding hydrogens is 396 g/mol. The van der Waals surface area contributed by atoms with Crippen LogP contribution in [-0.2, 0) is 20.9 Å². The molecule has 0 saturated carbocycles. The minimum atomic E-state index is -0.647. The standard InChI is InChI=1S/C19H18N4O5S/c1-10(13-7-20-22-21-13)15-17(25)23-16(14(8-24)29-18(15)23)19(26)28-9-11-3-5-12(27-2)6-4-11/h3-7,18,24H,8-9H2,1-2H3,(H,20,21,22)/t18-/m1/s1. The second-order valence-electron chi connectivity index (χ2n) is 6.39. The van der Waals surface area contributed by atoms with Gasteiger partial charge < -0.3 is 14.6 Å². The predicted octanol–water partition coefficient (Wildman–Crippen LogP) is 1.45. The van der Waals surface area contributed by atoms with E-state index in [1.54, 1.807) is 38.3 Å². The number of esters is 1. The van der Waals surface area contributed by atoms with E-state index in [9.17, 15) is 14.7 Å². The van der Waals surface area contributed by atoms with E-state index in [4.69, 9.17) is 9.47 Å². The number of hydrogen-bond donors (Lipinski definition) is 2. The van der Waals surface area contributed by atoms with Crippen LogP contribution in [0.5, 0.6) is 5.75 Å². The Hall–Kier alpha value is -3.11. The largest absolute Gasteiger partial charge is 0.497 e. The number of carbonyl (C=O) groups excluding carboxylic acids is 2. The summed E-state index contributed by atoms with van der Waals surface area (Å²) in [5.74, 6) is -0.248. The lowest BCUT2D eigenvalue weighted by Crippen LogP contribution is -2.51. The highest BCUT2D eigenvalue weighted by molar-refractivity contribution is 8.04. The molecule has 1 atom stereocenters. The number of aliphatic hydroxyl groups is 1. The lowest BCUT2D eigenvalue weighted by Gasteiger charge is -2.38. The van der Waals surface area contributed by atoms with Gasteiger partial charge in [-0.05, 0) is 30.2 Å². The van der Waals surface area contributed by atoms with E-state index in [0.29, 0.717) is 27.5 Å². The number of fused-ring (bicyclic) bond motifs is 1. The Morgan fingerprint density at radius 3 is 2.72 bits per heavy atom. The Labute approximate surface area is 170 Å². The number of ether oxygens (including phenoxy) is 2.